The molecule has 30 heavy (non-hydrogen) atoms. The van der Waals surface area contributed by atoms with E-state index in [0.717, 1.165) is 0 Å². The Morgan fingerprint density at radius 2 is 1.87 bits per heavy atom. The molecule has 10 nitrogen and oxygen atoms in total. The third kappa shape index (κ3) is 6.48. The molecule has 0 spiro atoms. The standard InChI is InChI=1S/C20H26N4O6/c1-3-24-14-17(20(26)29-4-2)19(25)16-6-5-15(13-18(16)24)30-12-11-28-10-9-27-8-7-22-23-21/h5-6,13-14H,3-4,7-12H2,1-2H3. The second kappa shape index (κ2) is 12.5. The van der Waals surface area contributed by atoms with Crippen molar-refractivity contribution in [1.82, 2.24) is 4.57 Å². The molecule has 0 atom stereocenters. The number of benzene rings is 1. The Kier molecular flexibility index (Phi) is 9.66. The highest BCUT2D eigenvalue weighted by Crippen LogP contribution is 2.20. The van der Waals surface area contributed by atoms with Gasteiger partial charge in [-0.3, -0.25) is 4.79 Å². The third-order valence-electron chi connectivity index (χ3n) is 4.16. The van der Waals surface area contributed by atoms with Gasteiger partial charge in [0, 0.05) is 35.7 Å². The molecule has 0 saturated heterocycles. The summed E-state index contributed by atoms with van der Waals surface area (Å²) in [5.74, 6) is -0.0203. The van der Waals surface area contributed by atoms with Crippen LogP contribution >= 0.6 is 0 Å². The van der Waals surface area contributed by atoms with E-state index in [4.69, 9.17) is 24.5 Å². The number of fused-ring (bicyclic) bond motifs is 1. The van der Waals surface area contributed by atoms with Crippen LogP contribution in [0.25, 0.3) is 21.3 Å². The van der Waals surface area contributed by atoms with E-state index in [2.05, 4.69) is 10.0 Å². The summed E-state index contributed by atoms with van der Waals surface area (Å²) < 4.78 is 23.2. The average Bonchev–Trinajstić information content (AvgIpc) is 2.75. The molecule has 0 bridgehead atoms. The van der Waals surface area contributed by atoms with E-state index in [1.54, 1.807) is 25.1 Å². The Morgan fingerprint density at radius 1 is 1.13 bits per heavy atom. The second-order valence-corrected chi connectivity index (χ2v) is 6.09. The predicted molar refractivity (Wildman–Crippen MR) is 111 cm³/mol. The van der Waals surface area contributed by atoms with Crippen LogP contribution in [0.3, 0.4) is 0 Å². The number of rotatable bonds is 13. The number of hydrogen-bond acceptors (Lipinski definition) is 7. The quantitative estimate of drug-likeness (QED) is 0.162. The van der Waals surface area contributed by atoms with Crippen molar-refractivity contribution in [1.29, 1.82) is 0 Å². The molecule has 10 heteroatoms. The number of esters is 1. The highest BCUT2D eigenvalue weighted by Gasteiger charge is 2.16. The van der Waals surface area contributed by atoms with Crippen LogP contribution in [0.5, 0.6) is 5.75 Å². The number of nitrogens with zero attached hydrogens (tertiary/aromatic N) is 4. The maximum absolute atomic E-state index is 12.7. The van der Waals surface area contributed by atoms with Gasteiger partial charge in [0.05, 0.1) is 38.6 Å². The third-order valence-corrected chi connectivity index (χ3v) is 4.16. The van der Waals surface area contributed by atoms with E-state index >= 15 is 0 Å². The molecule has 0 unspecified atom stereocenters. The Bertz CT molecular complexity index is 952. The van der Waals surface area contributed by atoms with Crippen LogP contribution in [-0.2, 0) is 20.8 Å². The molecule has 0 aliphatic carbocycles. The number of aryl methyl sites for hydroxylation is 1. The number of hydrogen-bond donors (Lipinski definition) is 0. The van der Waals surface area contributed by atoms with Gasteiger partial charge in [-0.15, -0.1) is 0 Å². The van der Waals surface area contributed by atoms with E-state index in [-0.39, 0.29) is 17.6 Å². The fraction of sp³-hybridized carbons (Fsp3) is 0.500. The van der Waals surface area contributed by atoms with E-state index in [9.17, 15) is 9.59 Å². The smallest absolute Gasteiger partial charge is 0.343 e. The molecule has 0 amide bonds. The molecule has 162 valence electrons. The molecule has 1 aromatic heterocycles. The van der Waals surface area contributed by atoms with Crippen molar-refractivity contribution >= 4 is 16.9 Å². The van der Waals surface area contributed by atoms with Gasteiger partial charge in [-0.1, -0.05) is 5.11 Å². The van der Waals surface area contributed by atoms with Gasteiger partial charge in [-0.05, 0) is 31.5 Å². The minimum Gasteiger partial charge on any atom is -0.491 e. The number of ether oxygens (including phenoxy) is 4. The molecule has 2 aromatic rings. The first-order valence-electron chi connectivity index (χ1n) is 9.75. The lowest BCUT2D eigenvalue weighted by molar-refractivity contribution is 0.0388. The summed E-state index contributed by atoms with van der Waals surface area (Å²) in [6.45, 7) is 6.59. The van der Waals surface area contributed by atoms with Gasteiger partial charge in [0.1, 0.15) is 17.9 Å². The fourth-order valence-corrected chi connectivity index (χ4v) is 2.77. The van der Waals surface area contributed by atoms with Crippen molar-refractivity contribution < 1.29 is 23.7 Å². The van der Waals surface area contributed by atoms with Crippen LogP contribution < -0.4 is 10.2 Å². The van der Waals surface area contributed by atoms with Crippen molar-refractivity contribution in [3.63, 3.8) is 0 Å². The number of aromatic nitrogens is 1. The van der Waals surface area contributed by atoms with Crippen molar-refractivity contribution in [3.8, 4) is 5.75 Å². The van der Waals surface area contributed by atoms with Crippen LogP contribution in [0.15, 0.2) is 34.3 Å². The maximum atomic E-state index is 12.7. The number of carbonyl (C=O) groups excluding carboxylic acids is 1. The molecule has 1 heterocycles. The Labute approximate surface area is 173 Å². The molecule has 1 aromatic carbocycles. The number of pyridine rings is 1. The molecule has 2 rings (SSSR count). The SMILES string of the molecule is CCOC(=O)c1cn(CC)c2cc(OCCOCCOCCN=[N+]=[N-])ccc2c1=O. The van der Waals surface area contributed by atoms with Crippen LogP contribution in [0.1, 0.15) is 24.2 Å². The molecular weight excluding hydrogens is 392 g/mol. The van der Waals surface area contributed by atoms with Gasteiger partial charge in [0.2, 0.25) is 5.43 Å². The van der Waals surface area contributed by atoms with Crippen LogP contribution in [0.4, 0.5) is 0 Å². The van der Waals surface area contributed by atoms with E-state index < -0.39 is 5.97 Å². The first kappa shape index (κ1) is 23.2. The highest BCUT2D eigenvalue weighted by atomic mass is 16.5. The summed E-state index contributed by atoms with van der Waals surface area (Å²) >= 11 is 0. The lowest BCUT2D eigenvalue weighted by Crippen LogP contribution is -2.20. The zero-order valence-corrected chi connectivity index (χ0v) is 17.2. The molecule has 0 fully saturated rings. The summed E-state index contributed by atoms with van der Waals surface area (Å²) in [6, 6.07) is 5.12. The zero-order chi connectivity index (χ0) is 21.8. The summed E-state index contributed by atoms with van der Waals surface area (Å²) in [6.07, 6.45) is 1.53. The fourth-order valence-electron chi connectivity index (χ4n) is 2.77. The minimum absolute atomic E-state index is 0.0231. The molecule has 0 saturated carbocycles. The Balaban J connectivity index is 1.93. The minimum atomic E-state index is -0.620. The predicted octanol–water partition coefficient (Wildman–Crippen LogP) is 2.92. The molecular formula is C20H26N4O6. The lowest BCUT2D eigenvalue weighted by atomic mass is 10.1. The first-order valence-corrected chi connectivity index (χ1v) is 9.75. The van der Waals surface area contributed by atoms with Gasteiger partial charge in [0.15, 0.2) is 0 Å². The second-order valence-electron chi connectivity index (χ2n) is 6.09. The average molecular weight is 418 g/mol. The van der Waals surface area contributed by atoms with Crippen LogP contribution in [-0.4, -0.2) is 56.7 Å². The molecule has 0 aliphatic rings. The van der Waals surface area contributed by atoms with Crippen molar-refractivity contribution in [2.75, 3.05) is 46.2 Å². The van der Waals surface area contributed by atoms with Gasteiger partial charge in [0.25, 0.3) is 0 Å². The number of azide groups is 1. The lowest BCUT2D eigenvalue weighted by Gasteiger charge is -2.13. The van der Waals surface area contributed by atoms with E-state index in [0.29, 0.717) is 62.8 Å². The van der Waals surface area contributed by atoms with E-state index in [1.807, 2.05) is 11.5 Å². The summed E-state index contributed by atoms with van der Waals surface area (Å²) in [4.78, 5) is 27.3. The summed E-state index contributed by atoms with van der Waals surface area (Å²) in [7, 11) is 0. The maximum Gasteiger partial charge on any atom is 0.343 e. The summed E-state index contributed by atoms with van der Waals surface area (Å²) in [5.41, 5.74) is 8.49. The molecule has 0 N–H and O–H groups in total. The van der Waals surface area contributed by atoms with Gasteiger partial charge >= 0.3 is 5.97 Å². The van der Waals surface area contributed by atoms with Crippen LogP contribution in [0, 0.1) is 0 Å². The largest absolute Gasteiger partial charge is 0.491 e. The van der Waals surface area contributed by atoms with Crippen molar-refractivity contribution in [2.24, 2.45) is 5.11 Å². The van der Waals surface area contributed by atoms with Crippen LogP contribution in [0.2, 0.25) is 0 Å². The highest BCUT2D eigenvalue weighted by molar-refractivity contribution is 5.94. The first-order chi connectivity index (χ1) is 14.6. The van der Waals surface area contributed by atoms with E-state index in [1.165, 1.54) is 6.20 Å². The number of carbonyl (C=O) groups is 1. The topological polar surface area (TPSA) is 125 Å². The van der Waals surface area contributed by atoms with Gasteiger partial charge in [-0.2, -0.15) is 0 Å². The molecule has 0 radical (unpaired) electrons. The zero-order valence-electron chi connectivity index (χ0n) is 17.2. The summed E-state index contributed by atoms with van der Waals surface area (Å²) in [5, 5.41) is 3.80. The monoisotopic (exact) mass is 418 g/mol. The van der Waals surface area contributed by atoms with Gasteiger partial charge in [-0.25, -0.2) is 4.79 Å². The normalized spacial score (nSPS) is 10.6. The van der Waals surface area contributed by atoms with Crippen molar-refractivity contribution in [3.05, 3.63) is 50.6 Å². The molecule has 0 aliphatic heterocycles. The Hall–Kier alpha value is -3.07. The van der Waals surface area contributed by atoms with Crippen molar-refractivity contribution in [2.45, 2.75) is 20.4 Å². The van der Waals surface area contributed by atoms with Gasteiger partial charge < -0.3 is 23.5 Å². The Morgan fingerprint density at radius 3 is 2.57 bits per heavy atom.